The monoisotopic (exact) mass is 515 g/mol. The molecule has 0 spiro atoms. The third kappa shape index (κ3) is 4.65. The van der Waals surface area contributed by atoms with Crippen LogP contribution < -0.4 is 16.4 Å². The number of halogens is 4. The van der Waals surface area contributed by atoms with E-state index in [0.29, 0.717) is 28.6 Å². The Labute approximate surface area is 209 Å². The summed E-state index contributed by atoms with van der Waals surface area (Å²) < 4.78 is 42.1. The zero-order valence-corrected chi connectivity index (χ0v) is 20.0. The highest BCUT2D eigenvalue weighted by atomic mass is 35.5. The standard InChI is InChI=1S/C25H21ClF3N5O2/c1-13-18(26)8-5-9-19(13)34-20-11-14(10-16(23(30)35)22(20)33-21(34)12-31-2)32-24(36)15-6-3-4-7-17(15)25(27,28)29/h3-11,31H,12H2,1-2H3,(H2,30,35)(H,32,36). The Morgan fingerprint density at radius 1 is 1.08 bits per heavy atom. The summed E-state index contributed by atoms with van der Waals surface area (Å²) in [6, 6.07) is 12.6. The molecule has 0 atom stereocenters. The van der Waals surface area contributed by atoms with E-state index in [-0.39, 0.29) is 16.8 Å². The average Bonchev–Trinajstić information content (AvgIpc) is 3.17. The highest BCUT2D eigenvalue weighted by Crippen LogP contribution is 2.34. The quantitative estimate of drug-likeness (QED) is 0.333. The van der Waals surface area contributed by atoms with E-state index >= 15 is 0 Å². The van der Waals surface area contributed by atoms with Gasteiger partial charge >= 0.3 is 6.18 Å². The lowest BCUT2D eigenvalue weighted by molar-refractivity contribution is -0.137. The van der Waals surface area contributed by atoms with Crippen LogP contribution in [-0.2, 0) is 12.7 Å². The van der Waals surface area contributed by atoms with E-state index in [1.165, 1.54) is 24.3 Å². The van der Waals surface area contributed by atoms with E-state index in [1.54, 1.807) is 23.7 Å². The Morgan fingerprint density at radius 3 is 2.47 bits per heavy atom. The Bertz CT molecular complexity index is 1500. The van der Waals surface area contributed by atoms with Gasteiger partial charge in [0.15, 0.2) is 0 Å². The lowest BCUT2D eigenvalue weighted by Gasteiger charge is -2.15. The number of benzene rings is 3. The maximum Gasteiger partial charge on any atom is 0.417 e. The molecule has 0 saturated heterocycles. The molecule has 4 aromatic rings. The first kappa shape index (κ1) is 25.2. The topological polar surface area (TPSA) is 102 Å². The number of primary amides is 1. The lowest BCUT2D eigenvalue weighted by Crippen LogP contribution is -2.19. The number of imidazole rings is 1. The third-order valence-electron chi connectivity index (χ3n) is 5.64. The summed E-state index contributed by atoms with van der Waals surface area (Å²) in [4.78, 5) is 29.8. The number of amides is 2. The van der Waals surface area contributed by atoms with Crippen molar-refractivity contribution in [2.75, 3.05) is 12.4 Å². The van der Waals surface area contributed by atoms with Gasteiger partial charge in [0.1, 0.15) is 11.3 Å². The fraction of sp³-hybridized carbons (Fsp3) is 0.160. The van der Waals surface area contributed by atoms with Crippen LogP contribution in [0.5, 0.6) is 0 Å². The van der Waals surface area contributed by atoms with Crippen LogP contribution in [0.3, 0.4) is 0 Å². The van der Waals surface area contributed by atoms with Crippen molar-refractivity contribution in [2.45, 2.75) is 19.6 Å². The van der Waals surface area contributed by atoms with Crippen molar-refractivity contribution in [3.8, 4) is 5.69 Å². The molecule has 0 fully saturated rings. The van der Waals surface area contributed by atoms with E-state index in [2.05, 4.69) is 15.6 Å². The Kier molecular flexibility index (Phi) is 6.75. The minimum absolute atomic E-state index is 0.00249. The van der Waals surface area contributed by atoms with Crippen LogP contribution >= 0.6 is 11.6 Å². The first-order valence-electron chi connectivity index (χ1n) is 10.8. The number of nitrogens with two attached hydrogens (primary N) is 1. The summed E-state index contributed by atoms with van der Waals surface area (Å²) in [7, 11) is 1.73. The molecule has 1 aromatic heterocycles. The highest BCUT2D eigenvalue weighted by molar-refractivity contribution is 6.31. The summed E-state index contributed by atoms with van der Waals surface area (Å²) in [5.74, 6) is -1.26. The van der Waals surface area contributed by atoms with Crippen LogP contribution in [0.15, 0.2) is 54.6 Å². The van der Waals surface area contributed by atoms with E-state index in [9.17, 15) is 22.8 Å². The van der Waals surface area contributed by atoms with Gasteiger partial charge in [0.05, 0.1) is 34.4 Å². The molecular formula is C25H21ClF3N5O2. The molecule has 7 nitrogen and oxygen atoms in total. The van der Waals surface area contributed by atoms with Gasteiger partial charge in [0.25, 0.3) is 11.8 Å². The number of hydrogen-bond acceptors (Lipinski definition) is 4. The Morgan fingerprint density at radius 2 is 1.81 bits per heavy atom. The molecule has 4 rings (SSSR count). The Hall–Kier alpha value is -3.89. The van der Waals surface area contributed by atoms with Gasteiger partial charge in [0.2, 0.25) is 0 Å². The van der Waals surface area contributed by atoms with Crippen LogP contribution in [0, 0.1) is 6.92 Å². The van der Waals surface area contributed by atoms with E-state index in [0.717, 1.165) is 17.7 Å². The number of alkyl halides is 3. The second-order valence-electron chi connectivity index (χ2n) is 8.03. The van der Waals surface area contributed by atoms with Crippen LogP contribution in [0.1, 0.15) is 37.7 Å². The molecule has 4 N–H and O–H groups in total. The van der Waals surface area contributed by atoms with Crippen LogP contribution in [-0.4, -0.2) is 28.4 Å². The molecule has 0 aliphatic carbocycles. The van der Waals surface area contributed by atoms with Gasteiger partial charge in [-0.15, -0.1) is 0 Å². The molecule has 0 unspecified atom stereocenters. The van der Waals surface area contributed by atoms with Crippen molar-refractivity contribution in [3.63, 3.8) is 0 Å². The number of hydrogen-bond donors (Lipinski definition) is 3. The zero-order chi connectivity index (χ0) is 26.2. The van der Waals surface area contributed by atoms with Crippen molar-refractivity contribution in [1.82, 2.24) is 14.9 Å². The van der Waals surface area contributed by atoms with Gasteiger partial charge < -0.3 is 16.4 Å². The number of fused-ring (bicyclic) bond motifs is 1. The predicted molar refractivity (Wildman–Crippen MR) is 131 cm³/mol. The summed E-state index contributed by atoms with van der Waals surface area (Å²) in [6.45, 7) is 2.14. The summed E-state index contributed by atoms with van der Waals surface area (Å²) in [5, 5.41) is 6.00. The summed E-state index contributed by atoms with van der Waals surface area (Å²) >= 11 is 6.34. The van der Waals surface area contributed by atoms with E-state index < -0.39 is 29.1 Å². The van der Waals surface area contributed by atoms with Crippen LogP contribution in [0.4, 0.5) is 18.9 Å². The molecule has 0 saturated carbocycles. The highest BCUT2D eigenvalue weighted by Gasteiger charge is 2.35. The summed E-state index contributed by atoms with van der Waals surface area (Å²) in [6.07, 6.45) is -4.72. The fourth-order valence-electron chi connectivity index (χ4n) is 4.00. The average molecular weight is 516 g/mol. The molecule has 0 radical (unpaired) electrons. The van der Waals surface area contributed by atoms with E-state index in [1.807, 2.05) is 13.0 Å². The molecule has 2 amide bonds. The second kappa shape index (κ2) is 9.63. The smallest absolute Gasteiger partial charge is 0.366 e. The van der Waals surface area contributed by atoms with Gasteiger partial charge in [-0.1, -0.05) is 29.8 Å². The van der Waals surface area contributed by atoms with Crippen molar-refractivity contribution in [3.05, 3.63) is 87.7 Å². The van der Waals surface area contributed by atoms with Gasteiger partial charge in [-0.3, -0.25) is 14.2 Å². The predicted octanol–water partition coefficient (Wildman–Crippen LogP) is 5.08. The van der Waals surface area contributed by atoms with E-state index in [4.69, 9.17) is 17.3 Å². The number of anilines is 1. The zero-order valence-electron chi connectivity index (χ0n) is 19.2. The second-order valence-corrected chi connectivity index (χ2v) is 8.44. The minimum Gasteiger partial charge on any atom is -0.366 e. The lowest BCUT2D eigenvalue weighted by atomic mass is 10.1. The third-order valence-corrected chi connectivity index (χ3v) is 6.05. The maximum atomic E-state index is 13.4. The molecule has 186 valence electrons. The van der Waals surface area contributed by atoms with Gasteiger partial charge in [0, 0.05) is 10.7 Å². The maximum absolute atomic E-state index is 13.4. The minimum atomic E-state index is -4.72. The van der Waals surface area contributed by atoms with Crippen LogP contribution in [0.25, 0.3) is 16.7 Å². The molecule has 36 heavy (non-hydrogen) atoms. The molecule has 0 aliphatic rings. The first-order valence-corrected chi connectivity index (χ1v) is 11.1. The van der Waals surface area contributed by atoms with Crippen LogP contribution in [0.2, 0.25) is 5.02 Å². The van der Waals surface area contributed by atoms with Crippen molar-refractivity contribution in [2.24, 2.45) is 5.73 Å². The number of nitrogens with zero attached hydrogens (tertiary/aromatic N) is 2. The Balaban J connectivity index is 1.92. The van der Waals surface area contributed by atoms with Crippen molar-refractivity contribution >= 4 is 40.1 Å². The molecule has 1 heterocycles. The molecule has 0 bridgehead atoms. The number of carbonyl (C=O) groups excluding carboxylic acids is 2. The molecule has 11 heteroatoms. The largest absolute Gasteiger partial charge is 0.417 e. The molecule has 3 aromatic carbocycles. The van der Waals surface area contributed by atoms with Gasteiger partial charge in [-0.2, -0.15) is 13.2 Å². The number of carbonyl (C=O) groups is 2. The number of nitrogens with one attached hydrogen (secondary N) is 2. The fourth-order valence-corrected chi connectivity index (χ4v) is 4.17. The van der Waals surface area contributed by atoms with Crippen molar-refractivity contribution < 1.29 is 22.8 Å². The first-order chi connectivity index (χ1) is 17.0. The van der Waals surface area contributed by atoms with Crippen molar-refractivity contribution in [1.29, 1.82) is 0 Å². The molecular weight excluding hydrogens is 495 g/mol. The number of aromatic nitrogens is 2. The van der Waals surface area contributed by atoms with Gasteiger partial charge in [-0.05, 0) is 55.9 Å². The SMILES string of the molecule is CNCc1nc2c(C(N)=O)cc(NC(=O)c3ccccc3C(F)(F)F)cc2n1-c1cccc(Cl)c1C. The summed E-state index contributed by atoms with van der Waals surface area (Å²) in [5.41, 5.74) is 6.18. The molecule has 0 aliphatic heterocycles. The number of rotatable bonds is 6. The normalized spacial score (nSPS) is 11.6. The van der Waals surface area contributed by atoms with Gasteiger partial charge in [-0.25, -0.2) is 4.98 Å².